The largest absolute Gasteiger partial charge is 0.479 e. The standard InChI is InChI=1S/C36H43N5O9S2/c1-35(2,3)50-34(46)39-25-12-9-7-5-6-8-11-21-19-36(21,33(44)45)40-30(42)27-17-22(20-41(27)32(25)43)49-31-29(28-13-10-16-51-28)37-26-18-23(52(4,47)48)14-15-24(26)38-31/h8,10-11,13-16,18,21-22,25,27H,5-7,9,12,17,19-20H2,1-4H3,(H,39,46)(H,40,42)(H,44,45)/b11-8-/t21?,22-,25-,27?,36?/m1/s1. The summed E-state index contributed by atoms with van der Waals surface area (Å²) in [4.78, 5) is 65.4. The molecule has 2 fully saturated rings. The topological polar surface area (TPSA) is 194 Å². The second-order valence-corrected chi connectivity index (χ2v) is 17.6. The first kappa shape index (κ1) is 37.2. The smallest absolute Gasteiger partial charge is 0.408 e. The Hall–Kier alpha value is -4.57. The van der Waals surface area contributed by atoms with Gasteiger partial charge in [0.1, 0.15) is 35.0 Å². The van der Waals surface area contributed by atoms with Crippen LogP contribution in [0, 0.1) is 5.92 Å². The molecule has 278 valence electrons. The third-order valence-electron chi connectivity index (χ3n) is 9.38. The zero-order valence-corrected chi connectivity index (χ0v) is 31.1. The average Bonchev–Trinajstić information content (AvgIpc) is 3.37. The van der Waals surface area contributed by atoms with Gasteiger partial charge in [-0.1, -0.05) is 31.1 Å². The molecular weight excluding hydrogens is 711 g/mol. The maximum absolute atomic E-state index is 14.4. The SMILES string of the molecule is CC(C)(C)OC(=O)N[C@@H]1CCCCC/C=C\C2CC2(C(=O)O)NC(=O)C2C[C@@H](Oc3nc4ccc(S(C)(=O)=O)cc4nc3-c3cccs3)CN2C1=O. The molecule has 1 saturated carbocycles. The number of nitrogens with zero attached hydrogens (tertiary/aromatic N) is 3. The van der Waals surface area contributed by atoms with Gasteiger partial charge in [-0.2, -0.15) is 0 Å². The molecule has 2 aliphatic heterocycles. The van der Waals surface area contributed by atoms with Crippen LogP contribution < -0.4 is 15.4 Å². The van der Waals surface area contributed by atoms with Crippen LogP contribution in [-0.2, 0) is 29.0 Å². The van der Waals surface area contributed by atoms with Crippen molar-refractivity contribution in [2.45, 2.75) is 99.9 Å². The molecular formula is C36H43N5O9S2. The second-order valence-electron chi connectivity index (χ2n) is 14.6. The van der Waals surface area contributed by atoms with Crippen molar-refractivity contribution in [3.8, 4) is 16.5 Å². The molecule has 3 aromatic rings. The molecule has 52 heavy (non-hydrogen) atoms. The van der Waals surface area contributed by atoms with Crippen LogP contribution in [0.4, 0.5) is 4.79 Å². The summed E-state index contributed by atoms with van der Waals surface area (Å²) < 4.78 is 36.5. The summed E-state index contributed by atoms with van der Waals surface area (Å²) in [5, 5.41) is 17.5. The molecule has 2 aromatic heterocycles. The number of ether oxygens (including phenoxy) is 2. The second kappa shape index (κ2) is 14.5. The Morgan fingerprint density at radius 2 is 1.90 bits per heavy atom. The number of carboxylic acids is 1. The van der Waals surface area contributed by atoms with Gasteiger partial charge in [0.05, 0.1) is 27.4 Å². The highest BCUT2D eigenvalue weighted by Gasteiger charge is 2.61. The van der Waals surface area contributed by atoms with Crippen molar-refractivity contribution in [2.75, 3.05) is 12.8 Å². The number of fused-ring (bicyclic) bond motifs is 3. The molecule has 0 bridgehead atoms. The summed E-state index contributed by atoms with van der Waals surface area (Å²) in [6, 6.07) is 5.94. The zero-order valence-electron chi connectivity index (χ0n) is 29.5. The number of hydrogen-bond acceptors (Lipinski definition) is 11. The van der Waals surface area contributed by atoms with Crippen LogP contribution in [0.3, 0.4) is 0 Å². The van der Waals surface area contributed by atoms with E-state index < -0.39 is 63.0 Å². The molecule has 1 saturated heterocycles. The lowest BCUT2D eigenvalue weighted by Gasteiger charge is -2.30. The fraction of sp³-hybridized carbons (Fsp3) is 0.500. The number of nitrogens with one attached hydrogen (secondary N) is 2. The molecule has 1 aromatic carbocycles. The number of aromatic nitrogens is 2. The quantitative estimate of drug-likeness (QED) is 0.301. The summed E-state index contributed by atoms with van der Waals surface area (Å²) in [7, 11) is -3.51. The highest BCUT2D eigenvalue weighted by Crippen LogP contribution is 2.45. The molecule has 5 atom stereocenters. The number of thiophene rings is 1. The summed E-state index contributed by atoms with van der Waals surface area (Å²) in [6.45, 7) is 5.09. The lowest BCUT2D eigenvalue weighted by molar-refractivity contribution is -0.145. The number of amides is 3. The van der Waals surface area contributed by atoms with Gasteiger partial charge in [-0.3, -0.25) is 9.59 Å². The van der Waals surface area contributed by atoms with Gasteiger partial charge < -0.3 is 30.1 Å². The first-order chi connectivity index (χ1) is 24.5. The lowest BCUT2D eigenvalue weighted by atomic mass is 10.0. The Morgan fingerprint density at radius 3 is 2.60 bits per heavy atom. The molecule has 3 amide bonds. The maximum Gasteiger partial charge on any atom is 0.408 e. The minimum absolute atomic E-state index is 0.00352. The van der Waals surface area contributed by atoms with E-state index in [0.717, 1.165) is 25.5 Å². The number of carboxylic acid groups (broad SMARTS) is 1. The van der Waals surface area contributed by atoms with Crippen molar-refractivity contribution < 1.29 is 42.2 Å². The Kier molecular flexibility index (Phi) is 10.3. The van der Waals surface area contributed by atoms with Gasteiger partial charge in [0, 0.05) is 18.6 Å². The van der Waals surface area contributed by atoms with Crippen molar-refractivity contribution in [1.82, 2.24) is 25.5 Å². The van der Waals surface area contributed by atoms with Crippen LogP contribution in [0.25, 0.3) is 21.6 Å². The number of carbonyl (C=O) groups excluding carboxylic acids is 3. The highest BCUT2D eigenvalue weighted by molar-refractivity contribution is 7.90. The predicted octanol–water partition coefficient (Wildman–Crippen LogP) is 4.48. The van der Waals surface area contributed by atoms with Gasteiger partial charge in [-0.05, 0) is 76.1 Å². The average molecular weight is 754 g/mol. The first-order valence-electron chi connectivity index (χ1n) is 17.3. The van der Waals surface area contributed by atoms with Crippen molar-refractivity contribution in [2.24, 2.45) is 5.92 Å². The van der Waals surface area contributed by atoms with E-state index in [1.54, 1.807) is 20.8 Å². The molecule has 6 rings (SSSR count). The Bertz CT molecular complexity index is 2010. The Labute approximate surface area is 305 Å². The Balaban J connectivity index is 1.35. The number of benzene rings is 1. The summed E-state index contributed by atoms with van der Waals surface area (Å²) in [5.74, 6) is -2.57. The van der Waals surface area contributed by atoms with Crippen LogP contribution in [0.5, 0.6) is 5.88 Å². The van der Waals surface area contributed by atoms with Gasteiger partial charge >= 0.3 is 12.1 Å². The van der Waals surface area contributed by atoms with Gasteiger partial charge in [-0.15, -0.1) is 11.3 Å². The summed E-state index contributed by atoms with van der Waals surface area (Å²) in [5.41, 5.74) is -1.22. The minimum atomic E-state index is -3.51. The van der Waals surface area contributed by atoms with E-state index in [-0.39, 0.29) is 36.1 Å². The molecule has 0 spiro atoms. The van der Waals surface area contributed by atoms with Crippen LogP contribution in [-0.4, -0.2) is 94.4 Å². The highest BCUT2D eigenvalue weighted by atomic mass is 32.2. The van der Waals surface area contributed by atoms with E-state index in [4.69, 9.17) is 19.4 Å². The van der Waals surface area contributed by atoms with Crippen LogP contribution >= 0.6 is 11.3 Å². The number of allylic oxidation sites excluding steroid dienone is 1. The third kappa shape index (κ3) is 8.22. The fourth-order valence-corrected chi connectivity index (χ4v) is 8.01. The lowest BCUT2D eigenvalue weighted by Crippen LogP contribution is -2.56. The van der Waals surface area contributed by atoms with Crippen LogP contribution in [0.15, 0.2) is 52.8 Å². The van der Waals surface area contributed by atoms with E-state index in [1.165, 1.54) is 34.4 Å². The van der Waals surface area contributed by atoms with Crippen molar-refractivity contribution in [3.05, 3.63) is 47.9 Å². The number of carbonyl (C=O) groups is 4. The molecule has 0 radical (unpaired) electrons. The van der Waals surface area contributed by atoms with E-state index >= 15 is 0 Å². The summed E-state index contributed by atoms with van der Waals surface area (Å²) in [6.07, 6.45) is 6.78. The molecule has 16 heteroatoms. The monoisotopic (exact) mass is 753 g/mol. The zero-order chi connectivity index (χ0) is 37.4. The van der Waals surface area contributed by atoms with Crippen molar-refractivity contribution in [1.29, 1.82) is 0 Å². The molecule has 3 N–H and O–H groups in total. The van der Waals surface area contributed by atoms with Gasteiger partial charge in [-0.25, -0.2) is 28.0 Å². The normalized spacial score (nSPS) is 26.3. The van der Waals surface area contributed by atoms with Gasteiger partial charge in [0.25, 0.3) is 0 Å². The number of hydrogen-bond donors (Lipinski definition) is 3. The maximum atomic E-state index is 14.4. The molecule has 1 aliphatic carbocycles. The van der Waals surface area contributed by atoms with Crippen LogP contribution in [0.2, 0.25) is 0 Å². The molecule has 3 unspecified atom stereocenters. The van der Waals surface area contributed by atoms with E-state index in [1.807, 2.05) is 29.7 Å². The molecule has 14 nitrogen and oxygen atoms in total. The number of sulfone groups is 1. The summed E-state index contributed by atoms with van der Waals surface area (Å²) >= 11 is 1.38. The van der Waals surface area contributed by atoms with Gasteiger partial charge in [0.2, 0.25) is 17.7 Å². The first-order valence-corrected chi connectivity index (χ1v) is 20.1. The van der Waals surface area contributed by atoms with E-state index in [0.29, 0.717) is 34.4 Å². The minimum Gasteiger partial charge on any atom is -0.479 e. The van der Waals surface area contributed by atoms with Gasteiger partial charge in [0.15, 0.2) is 9.84 Å². The van der Waals surface area contributed by atoms with Crippen molar-refractivity contribution in [3.63, 3.8) is 0 Å². The van der Waals surface area contributed by atoms with Crippen molar-refractivity contribution >= 4 is 56.1 Å². The third-order valence-corrected chi connectivity index (χ3v) is 11.4. The number of rotatable bonds is 6. The number of alkyl carbamates (subject to hydrolysis) is 1. The van der Waals surface area contributed by atoms with Crippen LogP contribution in [0.1, 0.15) is 65.7 Å². The molecule has 4 heterocycles. The fourth-order valence-electron chi connectivity index (χ4n) is 6.66. The number of aliphatic carboxylic acids is 1. The Morgan fingerprint density at radius 1 is 1.12 bits per heavy atom. The van der Waals surface area contributed by atoms with E-state index in [2.05, 4.69) is 10.6 Å². The molecule has 3 aliphatic rings. The predicted molar refractivity (Wildman–Crippen MR) is 192 cm³/mol. The van der Waals surface area contributed by atoms with E-state index in [9.17, 15) is 32.7 Å².